The van der Waals surface area contributed by atoms with Gasteiger partial charge in [0.25, 0.3) is 0 Å². The van der Waals surface area contributed by atoms with Crippen LogP contribution in [-0.2, 0) is 15.7 Å². The van der Waals surface area contributed by atoms with E-state index in [0.717, 1.165) is 6.07 Å². The molecule has 25 heavy (non-hydrogen) atoms. The third kappa shape index (κ3) is 2.97. The van der Waals surface area contributed by atoms with E-state index in [9.17, 15) is 18.0 Å². The normalized spacial score (nSPS) is 17.1. The lowest BCUT2D eigenvalue weighted by Gasteiger charge is -2.29. The molecule has 1 atom stereocenters. The highest BCUT2D eigenvalue weighted by Gasteiger charge is 2.41. The van der Waals surface area contributed by atoms with E-state index in [4.69, 9.17) is 4.74 Å². The number of hydrogen-bond donors (Lipinski definition) is 1. The maximum absolute atomic E-state index is 13.5. The van der Waals surface area contributed by atoms with Gasteiger partial charge in [-0.05, 0) is 25.5 Å². The van der Waals surface area contributed by atoms with Crippen molar-refractivity contribution in [2.75, 3.05) is 11.9 Å². The fraction of sp³-hybridized carbons (Fsp3) is 0.312. The number of ether oxygens (including phenoxy) is 1. The lowest BCUT2D eigenvalue weighted by Crippen LogP contribution is -2.31. The summed E-state index contributed by atoms with van der Waals surface area (Å²) in [6.45, 7) is 3.32. The zero-order valence-electron chi connectivity index (χ0n) is 13.5. The summed E-state index contributed by atoms with van der Waals surface area (Å²) in [6.07, 6.45) is -3.36. The number of alkyl halides is 3. The van der Waals surface area contributed by atoms with Gasteiger partial charge in [0, 0.05) is 5.70 Å². The van der Waals surface area contributed by atoms with Gasteiger partial charge in [0.05, 0.1) is 17.7 Å². The first-order chi connectivity index (χ1) is 11.8. The fourth-order valence-electron chi connectivity index (χ4n) is 2.85. The van der Waals surface area contributed by atoms with E-state index in [1.165, 1.54) is 29.2 Å². The second-order valence-electron chi connectivity index (χ2n) is 5.40. The molecule has 2 aromatic rings. The Morgan fingerprint density at radius 1 is 1.36 bits per heavy atom. The van der Waals surface area contributed by atoms with E-state index in [1.807, 2.05) is 0 Å². The Morgan fingerprint density at radius 3 is 2.76 bits per heavy atom. The third-order valence-electron chi connectivity index (χ3n) is 3.85. The Morgan fingerprint density at radius 2 is 2.08 bits per heavy atom. The number of anilines is 1. The predicted molar refractivity (Wildman–Crippen MR) is 82.6 cm³/mol. The third-order valence-corrected chi connectivity index (χ3v) is 3.85. The maximum Gasteiger partial charge on any atom is 0.416 e. The molecule has 1 aliphatic heterocycles. The second-order valence-corrected chi connectivity index (χ2v) is 5.40. The quantitative estimate of drug-likeness (QED) is 0.860. The molecule has 132 valence electrons. The molecule has 0 saturated carbocycles. The number of halogens is 3. The molecule has 6 nitrogen and oxygen atoms in total. The van der Waals surface area contributed by atoms with Gasteiger partial charge in [0.2, 0.25) is 5.95 Å². The lowest BCUT2D eigenvalue weighted by molar-refractivity contribution is -0.141. The minimum absolute atomic E-state index is 0.0662. The van der Waals surface area contributed by atoms with E-state index >= 15 is 0 Å². The van der Waals surface area contributed by atoms with Crippen LogP contribution in [0.4, 0.5) is 19.1 Å². The number of nitrogens with one attached hydrogen (secondary N) is 1. The van der Waals surface area contributed by atoms with E-state index in [0.29, 0.717) is 5.70 Å². The molecule has 0 fully saturated rings. The van der Waals surface area contributed by atoms with Crippen molar-refractivity contribution >= 4 is 11.9 Å². The van der Waals surface area contributed by atoms with Crippen LogP contribution in [0.25, 0.3) is 0 Å². The number of hydrogen-bond acceptors (Lipinski definition) is 5. The predicted octanol–water partition coefficient (Wildman–Crippen LogP) is 3.15. The highest BCUT2D eigenvalue weighted by Crippen LogP contribution is 2.41. The van der Waals surface area contributed by atoms with E-state index < -0.39 is 23.8 Å². The molecule has 0 spiro atoms. The van der Waals surface area contributed by atoms with Crippen LogP contribution in [0, 0.1) is 0 Å². The number of esters is 1. The van der Waals surface area contributed by atoms with E-state index in [-0.39, 0.29) is 23.7 Å². The number of aromatic nitrogens is 3. The van der Waals surface area contributed by atoms with Crippen LogP contribution >= 0.6 is 0 Å². The molecule has 1 N–H and O–H groups in total. The fourth-order valence-corrected chi connectivity index (χ4v) is 2.85. The molecule has 1 aromatic carbocycles. The molecule has 0 radical (unpaired) electrons. The lowest BCUT2D eigenvalue weighted by atomic mass is 9.92. The Bertz CT molecular complexity index is 842. The highest BCUT2D eigenvalue weighted by molar-refractivity contribution is 5.92. The van der Waals surface area contributed by atoms with Crippen LogP contribution in [0.15, 0.2) is 41.9 Å². The Balaban J connectivity index is 2.23. The van der Waals surface area contributed by atoms with Crippen LogP contribution in [0.5, 0.6) is 0 Å². The molecular formula is C16H15F3N4O2. The van der Waals surface area contributed by atoms with E-state index in [1.54, 1.807) is 13.8 Å². The van der Waals surface area contributed by atoms with Crippen LogP contribution in [-0.4, -0.2) is 27.3 Å². The second kappa shape index (κ2) is 6.23. The minimum atomic E-state index is -4.57. The Kier molecular flexibility index (Phi) is 4.23. The molecule has 0 bridgehead atoms. The number of fused-ring (bicyclic) bond motifs is 1. The van der Waals surface area contributed by atoms with Crippen molar-refractivity contribution < 1.29 is 22.7 Å². The molecule has 2 heterocycles. The molecule has 1 aliphatic rings. The van der Waals surface area contributed by atoms with Gasteiger partial charge in [-0.15, -0.1) is 0 Å². The topological polar surface area (TPSA) is 69.0 Å². The average Bonchev–Trinajstić information content (AvgIpc) is 3.00. The first kappa shape index (κ1) is 17.0. The van der Waals surface area contributed by atoms with Crippen molar-refractivity contribution in [1.82, 2.24) is 14.8 Å². The van der Waals surface area contributed by atoms with Gasteiger partial charge >= 0.3 is 12.1 Å². The molecule has 1 aromatic heterocycles. The molecule has 0 amide bonds. The zero-order valence-corrected chi connectivity index (χ0v) is 13.5. The summed E-state index contributed by atoms with van der Waals surface area (Å²) in [7, 11) is 0. The summed E-state index contributed by atoms with van der Waals surface area (Å²) in [5.74, 6) is -0.442. The number of carbonyl (C=O) groups excluding carboxylic acids is 1. The molecular weight excluding hydrogens is 337 g/mol. The van der Waals surface area contributed by atoms with Crippen molar-refractivity contribution in [3.8, 4) is 0 Å². The van der Waals surface area contributed by atoms with Crippen LogP contribution < -0.4 is 5.32 Å². The van der Waals surface area contributed by atoms with Crippen LogP contribution in [0.2, 0.25) is 0 Å². The summed E-state index contributed by atoms with van der Waals surface area (Å²) in [5.41, 5.74) is -0.485. The summed E-state index contributed by atoms with van der Waals surface area (Å²) in [4.78, 5) is 16.4. The van der Waals surface area contributed by atoms with Gasteiger partial charge < -0.3 is 10.1 Å². The smallest absolute Gasteiger partial charge is 0.416 e. The largest absolute Gasteiger partial charge is 0.463 e. The molecule has 0 aliphatic carbocycles. The van der Waals surface area contributed by atoms with Crippen molar-refractivity contribution in [3.63, 3.8) is 0 Å². The number of rotatable bonds is 3. The summed E-state index contributed by atoms with van der Waals surface area (Å²) < 4.78 is 46.8. The number of benzene rings is 1. The Hall–Kier alpha value is -2.84. The van der Waals surface area contributed by atoms with Gasteiger partial charge in [0.1, 0.15) is 12.4 Å². The van der Waals surface area contributed by atoms with Gasteiger partial charge in [-0.2, -0.15) is 23.3 Å². The SMILES string of the molecule is CCOC(=O)C1=C(C)Nc2ncnn2C1c1ccccc1C(F)(F)F. The van der Waals surface area contributed by atoms with Crippen molar-refractivity contribution in [2.24, 2.45) is 0 Å². The van der Waals surface area contributed by atoms with Gasteiger partial charge in [-0.3, -0.25) is 0 Å². The first-order valence-electron chi connectivity index (χ1n) is 7.55. The van der Waals surface area contributed by atoms with Gasteiger partial charge in [-0.1, -0.05) is 18.2 Å². The van der Waals surface area contributed by atoms with Crippen molar-refractivity contribution in [3.05, 3.63) is 53.0 Å². The number of nitrogens with zero attached hydrogens (tertiary/aromatic N) is 3. The van der Waals surface area contributed by atoms with Crippen molar-refractivity contribution in [2.45, 2.75) is 26.1 Å². The zero-order chi connectivity index (χ0) is 18.2. The first-order valence-corrected chi connectivity index (χ1v) is 7.55. The van der Waals surface area contributed by atoms with Gasteiger partial charge in [0.15, 0.2) is 0 Å². The Labute approximate surface area is 141 Å². The minimum Gasteiger partial charge on any atom is -0.463 e. The van der Waals surface area contributed by atoms with Gasteiger partial charge in [-0.25, -0.2) is 9.48 Å². The standard InChI is InChI=1S/C16H15F3N4O2/c1-3-25-14(24)12-9(2)22-15-20-8-21-23(15)13(12)10-6-4-5-7-11(10)16(17,18)19/h4-8,13H,3H2,1-2H3,(H,20,21,22). The molecule has 1 unspecified atom stereocenters. The highest BCUT2D eigenvalue weighted by atomic mass is 19.4. The van der Waals surface area contributed by atoms with E-state index in [2.05, 4.69) is 15.4 Å². The number of carbonyl (C=O) groups is 1. The monoisotopic (exact) mass is 352 g/mol. The maximum atomic E-state index is 13.5. The molecule has 0 saturated heterocycles. The summed E-state index contributed by atoms with van der Waals surface area (Å²) >= 11 is 0. The van der Waals surface area contributed by atoms with Crippen LogP contribution in [0.3, 0.4) is 0 Å². The number of allylic oxidation sites excluding steroid dienone is 1. The summed E-state index contributed by atoms with van der Waals surface area (Å²) in [5, 5.41) is 6.87. The molecule has 3 rings (SSSR count). The summed E-state index contributed by atoms with van der Waals surface area (Å²) in [6, 6.07) is 4.01. The van der Waals surface area contributed by atoms with Crippen LogP contribution in [0.1, 0.15) is 31.0 Å². The van der Waals surface area contributed by atoms with Crippen molar-refractivity contribution in [1.29, 1.82) is 0 Å². The average molecular weight is 352 g/mol. The molecule has 9 heteroatoms.